The summed E-state index contributed by atoms with van der Waals surface area (Å²) in [4.78, 5) is 20.2. The predicted octanol–water partition coefficient (Wildman–Crippen LogP) is 4.26. The SMILES string of the molecule is Cc1c(Cl)c(N=O)c(Cl)c([N+](=O)[O-])c1Cl. The summed E-state index contributed by atoms with van der Waals surface area (Å²) >= 11 is 17.0. The van der Waals surface area contributed by atoms with Gasteiger partial charge in [-0.3, -0.25) is 10.1 Å². The maximum atomic E-state index is 10.6. The normalized spacial score (nSPS) is 10.1. The van der Waals surface area contributed by atoms with Crippen molar-refractivity contribution in [1.82, 2.24) is 0 Å². The van der Waals surface area contributed by atoms with Crippen molar-refractivity contribution in [2.45, 2.75) is 6.92 Å². The smallest absolute Gasteiger partial charge is 0.258 e. The molecular formula is C7H3Cl3N2O3. The van der Waals surface area contributed by atoms with Gasteiger partial charge in [-0.15, -0.1) is 4.91 Å². The molecular weight excluding hydrogens is 266 g/mol. The van der Waals surface area contributed by atoms with Gasteiger partial charge in [0.05, 0.1) is 9.95 Å². The molecule has 0 aliphatic carbocycles. The molecule has 0 heterocycles. The molecule has 1 aromatic carbocycles. The molecule has 0 atom stereocenters. The molecule has 0 amide bonds. The second kappa shape index (κ2) is 4.30. The number of nitroso groups, excluding NO2 is 1. The zero-order chi connectivity index (χ0) is 11.7. The first kappa shape index (κ1) is 12.2. The molecule has 0 aliphatic heterocycles. The standard InChI is InChI=1S/C7H3Cl3N2O3/c1-2-3(8)6(11-13)5(10)7(4(2)9)12(14)15/h1H3. The van der Waals surface area contributed by atoms with Crippen LogP contribution in [0.25, 0.3) is 0 Å². The molecule has 0 saturated heterocycles. The molecule has 5 nitrogen and oxygen atoms in total. The van der Waals surface area contributed by atoms with Gasteiger partial charge in [0.2, 0.25) is 0 Å². The molecule has 80 valence electrons. The Labute approximate surface area is 99.1 Å². The van der Waals surface area contributed by atoms with Crippen molar-refractivity contribution in [1.29, 1.82) is 0 Å². The first-order valence-electron chi connectivity index (χ1n) is 3.56. The fourth-order valence-corrected chi connectivity index (χ4v) is 1.92. The van der Waals surface area contributed by atoms with Crippen LogP contribution in [-0.2, 0) is 0 Å². The molecule has 1 rings (SSSR count). The molecule has 8 heteroatoms. The first-order chi connectivity index (χ1) is 6.91. The number of benzene rings is 1. The first-order valence-corrected chi connectivity index (χ1v) is 4.70. The molecule has 1 aromatic rings. The van der Waals surface area contributed by atoms with Crippen molar-refractivity contribution in [3.8, 4) is 0 Å². The van der Waals surface area contributed by atoms with Crippen LogP contribution in [0.2, 0.25) is 15.1 Å². The minimum absolute atomic E-state index is 0.0781. The van der Waals surface area contributed by atoms with E-state index in [0.717, 1.165) is 0 Å². The monoisotopic (exact) mass is 268 g/mol. The summed E-state index contributed by atoms with van der Waals surface area (Å²) in [5, 5.41) is 12.4. The predicted molar refractivity (Wildman–Crippen MR) is 58.3 cm³/mol. The van der Waals surface area contributed by atoms with E-state index in [9.17, 15) is 15.0 Å². The van der Waals surface area contributed by atoms with E-state index in [1.807, 2.05) is 0 Å². The van der Waals surface area contributed by atoms with Crippen molar-refractivity contribution >= 4 is 46.2 Å². The van der Waals surface area contributed by atoms with Crippen LogP contribution in [0.5, 0.6) is 0 Å². The highest BCUT2D eigenvalue weighted by Crippen LogP contribution is 2.46. The van der Waals surface area contributed by atoms with E-state index in [2.05, 4.69) is 5.18 Å². The van der Waals surface area contributed by atoms with E-state index in [0.29, 0.717) is 0 Å². The Bertz CT molecular complexity index is 462. The van der Waals surface area contributed by atoms with Gasteiger partial charge in [0.25, 0.3) is 0 Å². The largest absolute Gasteiger partial charge is 0.309 e. The summed E-state index contributed by atoms with van der Waals surface area (Å²) in [5.41, 5.74) is -0.731. The van der Waals surface area contributed by atoms with E-state index in [1.54, 1.807) is 0 Å². The Kier molecular flexibility index (Phi) is 3.49. The molecule has 0 spiro atoms. The van der Waals surface area contributed by atoms with Crippen LogP contribution in [0, 0.1) is 21.9 Å². The van der Waals surface area contributed by atoms with Crippen molar-refractivity contribution in [2.75, 3.05) is 0 Å². The molecule has 0 N–H and O–H groups in total. The fraction of sp³-hybridized carbons (Fsp3) is 0.143. The van der Waals surface area contributed by atoms with Crippen molar-refractivity contribution < 1.29 is 4.92 Å². The van der Waals surface area contributed by atoms with Gasteiger partial charge in [-0.2, -0.15) is 0 Å². The third-order valence-electron chi connectivity index (χ3n) is 1.76. The Morgan fingerprint density at radius 3 is 2.13 bits per heavy atom. The minimum atomic E-state index is -0.789. The third-order valence-corrected chi connectivity index (χ3v) is 3.05. The Balaban J connectivity index is 3.75. The highest BCUT2D eigenvalue weighted by molar-refractivity contribution is 6.44. The molecule has 15 heavy (non-hydrogen) atoms. The van der Waals surface area contributed by atoms with Crippen molar-refractivity contribution in [3.05, 3.63) is 35.7 Å². The van der Waals surface area contributed by atoms with Crippen LogP contribution in [0.3, 0.4) is 0 Å². The van der Waals surface area contributed by atoms with Gasteiger partial charge in [0.15, 0.2) is 10.7 Å². The summed E-state index contributed by atoms with van der Waals surface area (Å²) in [6, 6.07) is 0. The molecule has 0 aromatic heterocycles. The lowest BCUT2D eigenvalue weighted by Gasteiger charge is -2.06. The average molecular weight is 269 g/mol. The third kappa shape index (κ3) is 1.90. The van der Waals surface area contributed by atoms with Gasteiger partial charge in [-0.05, 0) is 17.7 Å². The van der Waals surface area contributed by atoms with Gasteiger partial charge >= 0.3 is 5.69 Å². The van der Waals surface area contributed by atoms with Crippen LogP contribution in [0.4, 0.5) is 11.4 Å². The summed E-state index contributed by atoms with van der Waals surface area (Å²) in [5.74, 6) is 0. The number of hydrogen-bond acceptors (Lipinski definition) is 4. The van der Waals surface area contributed by atoms with E-state index in [1.165, 1.54) is 6.92 Å². The fourth-order valence-electron chi connectivity index (χ4n) is 0.997. The zero-order valence-electron chi connectivity index (χ0n) is 7.25. The number of hydrogen-bond donors (Lipinski definition) is 0. The number of halogens is 3. The maximum absolute atomic E-state index is 10.6. The van der Waals surface area contributed by atoms with Crippen molar-refractivity contribution in [2.24, 2.45) is 5.18 Å². The van der Waals surface area contributed by atoms with Crippen LogP contribution in [0.15, 0.2) is 5.18 Å². The number of rotatable bonds is 2. The van der Waals surface area contributed by atoms with Gasteiger partial charge in [-0.25, -0.2) is 0 Å². The lowest BCUT2D eigenvalue weighted by molar-refractivity contribution is -0.384. The minimum Gasteiger partial charge on any atom is -0.258 e. The Hall–Kier alpha value is -0.910. The van der Waals surface area contributed by atoms with Crippen LogP contribution >= 0.6 is 34.8 Å². The lowest BCUT2D eigenvalue weighted by atomic mass is 10.2. The van der Waals surface area contributed by atoms with Gasteiger partial charge in [0.1, 0.15) is 5.02 Å². The van der Waals surface area contributed by atoms with E-state index >= 15 is 0 Å². The summed E-state index contributed by atoms with van der Waals surface area (Å²) < 4.78 is 0. The molecule has 0 fully saturated rings. The highest BCUT2D eigenvalue weighted by Gasteiger charge is 2.27. The second-order valence-corrected chi connectivity index (χ2v) is 3.75. The van der Waals surface area contributed by atoms with Gasteiger partial charge in [-0.1, -0.05) is 34.8 Å². The van der Waals surface area contributed by atoms with Crippen LogP contribution in [-0.4, -0.2) is 4.92 Å². The van der Waals surface area contributed by atoms with Gasteiger partial charge in [0, 0.05) is 0 Å². The number of nitrogens with zero attached hydrogens (tertiary/aromatic N) is 2. The summed E-state index contributed by atoms with van der Waals surface area (Å²) in [6.07, 6.45) is 0. The van der Waals surface area contributed by atoms with E-state index < -0.39 is 15.6 Å². The van der Waals surface area contributed by atoms with Crippen molar-refractivity contribution in [3.63, 3.8) is 0 Å². The summed E-state index contributed by atoms with van der Waals surface area (Å²) in [7, 11) is 0. The maximum Gasteiger partial charge on any atom is 0.309 e. The quantitative estimate of drug-likeness (QED) is 0.457. The van der Waals surface area contributed by atoms with Crippen LogP contribution in [0.1, 0.15) is 5.56 Å². The lowest BCUT2D eigenvalue weighted by Crippen LogP contribution is -1.94. The van der Waals surface area contributed by atoms with Gasteiger partial charge < -0.3 is 0 Å². The summed E-state index contributed by atoms with van der Waals surface area (Å²) in [6.45, 7) is 1.43. The average Bonchev–Trinajstić information content (AvgIpc) is 2.15. The Morgan fingerprint density at radius 2 is 1.73 bits per heavy atom. The molecule has 0 aliphatic rings. The second-order valence-electron chi connectivity index (χ2n) is 2.61. The van der Waals surface area contributed by atoms with Crippen LogP contribution < -0.4 is 0 Å². The van der Waals surface area contributed by atoms with E-state index in [4.69, 9.17) is 34.8 Å². The number of nitro benzene ring substituents is 1. The molecule has 0 unspecified atom stereocenters. The molecule has 0 saturated carbocycles. The topological polar surface area (TPSA) is 72.6 Å². The zero-order valence-corrected chi connectivity index (χ0v) is 9.52. The number of nitro groups is 1. The Morgan fingerprint density at radius 1 is 1.20 bits per heavy atom. The molecule has 0 radical (unpaired) electrons. The van der Waals surface area contributed by atoms with E-state index in [-0.39, 0.29) is 21.3 Å². The molecule has 0 bridgehead atoms. The highest BCUT2D eigenvalue weighted by atomic mass is 35.5.